The van der Waals surface area contributed by atoms with E-state index in [9.17, 15) is 9.90 Å². The van der Waals surface area contributed by atoms with E-state index >= 15 is 0 Å². The number of carboxylic acid groups (broad SMARTS) is 1. The lowest BCUT2D eigenvalue weighted by molar-refractivity contribution is -0.916. The minimum Gasteiger partial charge on any atom is -0.477 e. The molecule has 3 nitrogen and oxygen atoms in total. The summed E-state index contributed by atoms with van der Waals surface area (Å²) in [4.78, 5) is 12.5. The van der Waals surface area contributed by atoms with Gasteiger partial charge in [-0.05, 0) is 12.8 Å². The van der Waals surface area contributed by atoms with E-state index in [0.717, 1.165) is 12.8 Å². The van der Waals surface area contributed by atoms with Crippen LogP contribution in [-0.4, -0.2) is 42.2 Å². The lowest BCUT2D eigenvalue weighted by atomic mass is 9.76. The number of rotatable bonds is 32. The van der Waals surface area contributed by atoms with Gasteiger partial charge in [-0.25, -0.2) is 4.79 Å². The molecule has 0 spiro atoms. The molecule has 0 heterocycles. The Bertz CT molecular complexity index is 569. The number of hydrogen-bond acceptors (Lipinski definition) is 1. The van der Waals surface area contributed by atoms with Crippen molar-refractivity contribution in [2.24, 2.45) is 5.92 Å². The molecule has 1 N–H and O–H groups in total. The first-order valence-electron chi connectivity index (χ1n) is 18.8. The Morgan fingerprint density at radius 1 is 0.488 bits per heavy atom. The first-order chi connectivity index (χ1) is 19.7. The second kappa shape index (κ2) is 27.0. The molecule has 0 aromatic heterocycles. The van der Waals surface area contributed by atoms with Gasteiger partial charge < -0.3 is 9.59 Å². The average molecular weight is 581 g/mol. The summed E-state index contributed by atoms with van der Waals surface area (Å²) in [6.07, 6.45) is 39.1. The molecule has 3 heteroatoms. The third-order valence-electron chi connectivity index (χ3n) is 10.2. The summed E-state index contributed by atoms with van der Waals surface area (Å²) in [5, 5.41) is 10.3. The number of aliphatic carboxylic acids is 1. The molecular weight excluding hydrogens is 502 g/mol. The van der Waals surface area contributed by atoms with Gasteiger partial charge in [-0.2, -0.15) is 0 Å². The average Bonchev–Trinajstić information content (AvgIpc) is 2.93. The Labute approximate surface area is 259 Å². The molecule has 0 amide bonds. The van der Waals surface area contributed by atoms with Crippen molar-refractivity contribution in [1.82, 2.24) is 0 Å². The molecule has 246 valence electrons. The van der Waals surface area contributed by atoms with Crippen molar-refractivity contribution in [3.8, 4) is 0 Å². The summed E-state index contributed by atoms with van der Waals surface area (Å²) in [6, 6.07) is 0. The van der Waals surface area contributed by atoms with Crippen LogP contribution in [0.4, 0.5) is 0 Å². The lowest BCUT2D eigenvalue weighted by Gasteiger charge is -2.45. The minimum absolute atomic E-state index is 0.255. The zero-order chi connectivity index (χ0) is 30.7. The molecule has 0 aliphatic heterocycles. The summed E-state index contributed by atoms with van der Waals surface area (Å²) < 4.78 is 0.503. The van der Waals surface area contributed by atoms with Gasteiger partial charge in [0.1, 0.15) is 0 Å². The van der Waals surface area contributed by atoms with Crippen LogP contribution in [0.3, 0.4) is 0 Å². The zero-order valence-electron chi connectivity index (χ0n) is 29.4. The van der Waals surface area contributed by atoms with Gasteiger partial charge in [-0.3, -0.25) is 0 Å². The van der Waals surface area contributed by atoms with E-state index in [2.05, 4.69) is 35.0 Å². The van der Waals surface area contributed by atoms with E-state index in [1.165, 1.54) is 173 Å². The Hall–Kier alpha value is -0.570. The van der Waals surface area contributed by atoms with E-state index in [1.807, 2.05) is 6.92 Å². The fourth-order valence-electron chi connectivity index (χ4n) is 6.71. The lowest BCUT2D eigenvalue weighted by Crippen LogP contribution is -2.64. The van der Waals surface area contributed by atoms with Gasteiger partial charge in [0.15, 0.2) is 5.54 Å². The van der Waals surface area contributed by atoms with Crippen LogP contribution in [0.25, 0.3) is 0 Å². The molecule has 0 rings (SSSR count). The third kappa shape index (κ3) is 20.9. The molecule has 0 bridgehead atoms. The fraction of sp³-hybridized carbons (Fsp3) is 0.974. The number of carbonyl (C=O) groups is 1. The number of nitrogens with zero attached hydrogens (tertiary/aromatic N) is 1. The summed E-state index contributed by atoms with van der Waals surface area (Å²) >= 11 is 0. The molecule has 0 fully saturated rings. The maximum absolute atomic E-state index is 12.5. The standard InChI is InChI=1S/C38H77NO2/c1-7-9-11-13-15-17-18-19-20-21-22-23-24-25-27-29-31-33-35-36(38(3,37(40)41)39(4,5)6)34-32-30-28-26-16-14-12-10-8-2/h36H,7-35H2,1-6H3/p+1. The highest BCUT2D eigenvalue weighted by molar-refractivity contribution is 5.77. The molecule has 0 saturated carbocycles. The highest BCUT2D eigenvalue weighted by atomic mass is 16.4. The molecule has 2 atom stereocenters. The molecular formula is C38H78NO2+. The van der Waals surface area contributed by atoms with Crippen LogP contribution in [0.15, 0.2) is 0 Å². The number of hydrogen-bond donors (Lipinski definition) is 1. The first kappa shape index (κ1) is 40.4. The Balaban J connectivity index is 4.07. The van der Waals surface area contributed by atoms with Gasteiger partial charge in [-0.15, -0.1) is 0 Å². The Morgan fingerprint density at radius 2 is 0.707 bits per heavy atom. The monoisotopic (exact) mass is 581 g/mol. The second-order valence-electron chi connectivity index (χ2n) is 14.6. The normalized spacial score (nSPS) is 14.3. The summed E-state index contributed by atoms with van der Waals surface area (Å²) in [7, 11) is 6.23. The van der Waals surface area contributed by atoms with E-state index in [4.69, 9.17) is 0 Å². The highest BCUT2D eigenvalue weighted by Gasteiger charge is 2.51. The van der Waals surface area contributed by atoms with Crippen molar-refractivity contribution in [2.45, 2.75) is 213 Å². The SMILES string of the molecule is CCCCCCCCCCCCCCCCCCCCC(CCCCCCCCCCC)C(C)(C(=O)O)[N+](C)(C)C. The van der Waals surface area contributed by atoms with Crippen molar-refractivity contribution < 1.29 is 14.4 Å². The van der Waals surface area contributed by atoms with Crippen molar-refractivity contribution >= 4 is 5.97 Å². The molecule has 0 radical (unpaired) electrons. The molecule has 0 aromatic rings. The van der Waals surface area contributed by atoms with E-state index < -0.39 is 11.5 Å². The summed E-state index contributed by atoms with van der Waals surface area (Å²) in [5.41, 5.74) is -0.714. The van der Waals surface area contributed by atoms with Crippen LogP contribution < -0.4 is 0 Å². The van der Waals surface area contributed by atoms with Crippen molar-refractivity contribution in [3.63, 3.8) is 0 Å². The van der Waals surface area contributed by atoms with Crippen molar-refractivity contribution in [3.05, 3.63) is 0 Å². The predicted molar refractivity (Wildman–Crippen MR) is 183 cm³/mol. The Kier molecular flexibility index (Phi) is 26.6. The van der Waals surface area contributed by atoms with Gasteiger partial charge in [0.25, 0.3) is 0 Å². The van der Waals surface area contributed by atoms with Gasteiger partial charge in [0, 0.05) is 12.8 Å². The Morgan fingerprint density at radius 3 is 0.902 bits per heavy atom. The second-order valence-corrected chi connectivity index (χ2v) is 14.6. The number of likely N-dealkylation sites (N-methyl/N-ethyl adjacent to an activating group) is 1. The van der Waals surface area contributed by atoms with Crippen molar-refractivity contribution in [2.75, 3.05) is 21.1 Å². The molecule has 0 saturated heterocycles. The van der Waals surface area contributed by atoms with Gasteiger partial charge in [0.05, 0.1) is 21.1 Å². The summed E-state index contributed by atoms with van der Waals surface area (Å²) in [5.74, 6) is -0.362. The largest absolute Gasteiger partial charge is 0.477 e. The van der Waals surface area contributed by atoms with Crippen molar-refractivity contribution in [1.29, 1.82) is 0 Å². The summed E-state index contributed by atoms with van der Waals surface area (Å²) in [6.45, 7) is 6.59. The maximum atomic E-state index is 12.5. The van der Waals surface area contributed by atoms with Crippen LogP contribution in [0.5, 0.6) is 0 Å². The fourth-order valence-corrected chi connectivity index (χ4v) is 6.71. The third-order valence-corrected chi connectivity index (χ3v) is 10.2. The molecule has 0 aliphatic rings. The van der Waals surface area contributed by atoms with E-state index in [0.29, 0.717) is 4.48 Å². The highest BCUT2D eigenvalue weighted by Crippen LogP contribution is 2.36. The maximum Gasteiger partial charge on any atom is 0.365 e. The molecule has 0 aromatic carbocycles. The smallest absolute Gasteiger partial charge is 0.365 e. The molecule has 2 unspecified atom stereocenters. The van der Waals surface area contributed by atoms with E-state index in [-0.39, 0.29) is 5.92 Å². The number of quaternary nitrogens is 1. The van der Waals surface area contributed by atoms with Crippen LogP contribution in [0.2, 0.25) is 0 Å². The van der Waals surface area contributed by atoms with Gasteiger partial charge >= 0.3 is 5.97 Å². The van der Waals surface area contributed by atoms with Crippen LogP contribution in [0, 0.1) is 5.92 Å². The van der Waals surface area contributed by atoms with E-state index in [1.54, 1.807) is 0 Å². The quantitative estimate of drug-likeness (QED) is 0.0634. The van der Waals surface area contributed by atoms with Crippen LogP contribution >= 0.6 is 0 Å². The predicted octanol–water partition coefficient (Wildman–Crippen LogP) is 12.5. The zero-order valence-corrected chi connectivity index (χ0v) is 29.4. The number of carboxylic acids is 1. The van der Waals surface area contributed by atoms with Gasteiger partial charge in [0.2, 0.25) is 0 Å². The minimum atomic E-state index is -0.714. The topological polar surface area (TPSA) is 37.3 Å². The molecule has 0 aliphatic carbocycles. The number of unbranched alkanes of at least 4 members (excludes halogenated alkanes) is 25. The van der Waals surface area contributed by atoms with Crippen LogP contribution in [-0.2, 0) is 4.79 Å². The van der Waals surface area contributed by atoms with Crippen LogP contribution in [0.1, 0.15) is 207 Å². The van der Waals surface area contributed by atoms with Gasteiger partial charge in [-0.1, -0.05) is 187 Å². The molecule has 41 heavy (non-hydrogen) atoms. The first-order valence-corrected chi connectivity index (χ1v) is 18.8.